The number of anilines is 1. The lowest BCUT2D eigenvalue weighted by molar-refractivity contribution is -0.138. The molecular weight excluding hydrogens is 456 g/mol. The van der Waals surface area contributed by atoms with Crippen LogP contribution in [0, 0.1) is 0 Å². The second-order valence-corrected chi connectivity index (χ2v) is 10.4. The number of carbonyl (C=O) groups excluding carboxylic acids is 2. The second-order valence-electron chi connectivity index (χ2n) is 8.48. The Morgan fingerprint density at radius 1 is 1.24 bits per heavy atom. The fourth-order valence-electron chi connectivity index (χ4n) is 5.69. The summed E-state index contributed by atoms with van der Waals surface area (Å²) in [6, 6.07) is 9.44. The third kappa shape index (κ3) is 2.61. The lowest BCUT2D eigenvalue weighted by Gasteiger charge is -2.42. The molecule has 2 saturated heterocycles. The van der Waals surface area contributed by atoms with Crippen LogP contribution in [0.3, 0.4) is 0 Å². The predicted octanol–water partition coefficient (Wildman–Crippen LogP) is 2.78. The van der Waals surface area contributed by atoms with Crippen molar-refractivity contribution in [1.29, 1.82) is 0 Å². The Morgan fingerprint density at radius 2 is 1.97 bits per heavy atom. The van der Waals surface area contributed by atoms with Gasteiger partial charge in [0.25, 0.3) is 5.91 Å². The number of thioether (sulfide) groups is 1. The molecule has 0 unspecified atom stereocenters. The molecule has 1 aromatic carbocycles. The van der Waals surface area contributed by atoms with E-state index in [-0.39, 0.29) is 17.7 Å². The van der Waals surface area contributed by atoms with Crippen LogP contribution < -0.4 is 9.64 Å². The standard InChI is InChI=1S/C24H24N4O3S2/c1-5-12-28-21(30)24(33-22(28)32)18(15-8-10-25-11-9-15)14-26(2)23(24)17-13-16(31-4)6-7-19(17)27(3)20(23)29/h5-11,13,18H,1,12,14H2,2-4H3/t18-,23+,24-/m0/s1. The number of thiocarbonyl (C=S) groups is 1. The summed E-state index contributed by atoms with van der Waals surface area (Å²) < 4.78 is 4.79. The lowest BCUT2D eigenvalue weighted by atomic mass is 9.72. The van der Waals surface area contributed by atoms with Crippen LogP contribution in [0.15, 0.2) is 55.4 Å². The molecule has 170 valence electrons. The zero-order valence-electron chi connectivity index (χ0n) is 18.6. The van der Waals surface area contributed by atoms with E-state index in [1.807, 2.05) is 42.3 Å². The number of fused-ring (bicyclic) bond motifs is 3. The van der Waals surface area contributed by atoms with Gasteiger partial charge in [-0.05, 0) is 42.9 Å². The molecular formula is C24H24N4O3S2. The summed E-state index contributed by atoms with van der Waals surface area (Å²) in [4.78, 5) is 38.0. The number of carbonyl (C=O) groups is 2. The summed E-state index contributed by atoms with van der Waals surface area (Å²) in [5, 5.41) is 0. The number of benzene rings is 1. The van der Waals surface area contributed by atoms with E-state index in [0.717, 1.165) is 16.8 Å². The topological polar surface area (TPSA) is 66.0 Å². The van der Waals surface area contributed by atoms with Gasteiger partial charge < -0.3 is 9.64 Å². The van der Waals surface area contributed by atoms with Crippen LogP contribution in [-0.4, -0.2) is 70.0 Å². The highest BCUT2D eigenvalue weighted by atomic mass is 32.2. The van der Waals surface area contributed by atoms with E-state index in [4.69, 9.17) is 17.0 Å². The molecule has 0 N–H and O–H groups in total. The van der Waals surface area contributed by atoms with Crippen LogP contribution in [0.4, 0.5) is 5.69 Å². The van der Waals surface area contributed by atoms with Crippen molar-refractivity contribution >= 4 is 45.8 Å². The van der Waals surface area contributed by atoms with E-state index in [2.05, 4.69) is 11.6 Å². The third-order valence-electron chi connectivity index (χ3n) is 7.08. The molecule has 0 aliphatic carbocycles. The Labute approximate surface area is 202 Å². The van der Waals surface area contributed by atoms with Gasteiger partial charge in [-0.1, -0.05) is 30.1 Å². The van der Waals surface area contributed by atoms with Crippen molar-refractivity contribution in [2.45, 2.75) is 16.2 Å². The van der Waals surface area contributed by atoms with Gasteiger partial charge in [-0.15, -0.1) is 6.58 Å². The molecule has 2 amide bonds. The Bertz CT molecular complexity index is 1190. The molecule has 9 heteroatoms. The maximum atomic E-state index is 14.4. The van der Waals surface area contributed by atoms with Crippen molar-refractivity contribution < 1.29 is 14.3 Å². The summed E-state index contributed by atoms with van der Waals surface area (Å²) in [6.45, 7) is 4.60. The van der Waals surface area contributed by atoms with E-state index in [0.29, 0.717) is 23.2 Å². The molecule has 0 bridgehead atoms. The average Bonchev–Trinajstić information content (AvgIpc) is 3.33. The first-order valence-electron chi connectivity index (χ1n) is 10.6. The smallest absolute Gasteiger partial charge is 0.254 e. The third-order valence-corrected chi connectivity index (χ3v) is 9.02. The predicted molar refractivity (Wildman–Crippen MR) is 133 cm³/mol. The van der Waals surface area contributed by atoms with Crippen molar-refractivity contribution in [3.63, 3.8) is 0 Å². The molecule has 2 fully saturated rings. The number of amides is 2. The number of pyridine rings is 1. The number of aromatic nitrogens is 1. The monoisotopic (exact) mass is 480 g/mol. The van der Waals surface area contributed by atoms with Crippen molar-refractivity contribution in [3.8, 4) is 5.75 Å². The van der Waals surface area contributed by atoms with Gasteiger partial charge in [-0.3, -0.25) is 24.4 Å². The molecule has 0 radical (unpaired) electrons. The molecule has 2 spiro atoms. The van der Waals surface area contributed by atoms with Crippen molar-refractivity contribution in [2.24, 2.45) is 0 Å². The number of hydrogen-bond donors (Lipinski definition) is 0. The fourth-order valence-corrected chi connectivity index (χ4v) is 7.83. The van der Waals surface area contributed by atoms with Crippen LogP contribution in [0.5, 0.6) is 5.75 Å². The summed E-state index contributed by atoms with van der Waals surface area (Å²) in [5.74, 6) is 0.0354. The molecule has 0 saturated carbocycles. The normalized spacial score (nSPS) is 28.9. The number of ether oxygens (including phenoxy) is 1. The minimum Gasteiger partial charge on any atom is -0.497 e. The average molecular weight is 481 g/mol. The summed E-state index contributed by atoms with van der Waals surface area (Å²) in [6.07, 6.45) is 5.10. The van der Waals surface area contributed by atoms with Gasteiger partial charge in [-0.25, -0.2) is 0 Å². The van der Waals surface area contributed by atoms with Crippen LogP contribution in [-0.2, 0) is 15.1 Å². The number of likely N-dealkylation sites (tertiary alicyclic amines) is 1. The van der Waals surface area contributed by atoms with Gasteiger partial charge in [0.2, 0.25) is 5.91 Å². The van der Waals surface area contributed by atoms with Gasteiger partial charge in [0, 0.05) is 49.7 Å². The van der Waals surface area contributed by atoms with E-state index in [1.54, 1.807) is 42.4 Å². The van der Waals surface area contributed by atoms with Crippen LogP contribution in [0.25, 0.3) is 0 Å². The van der Waals surface area contributed by atoms with Crippen molar-refractivity contribution in [3.05, 3.63) is 66.5 Å². The first-order valence-corrected chi connectivity index (χ1v) is 11.8. The van der Waals surface area contributed by atoms with Crippen LogP contribution in [0.1, 0.15) is 17.0 Å². The Kier molecular flexibility index (Phi) is 5.11. The van der Waals surface area contributed by atoms with Gasteiger partial charge in [0.1, 0.15) is 14.8 Å². The van der Waals surface area contributed by atoms with Gasteiger partial charge in [-0.2, -0.15) is 0 Å². The van der Waals surface area contributed by atoms with Crippen molar-refractivity contribution in [2.75, 3.05) is 39.2 Å². The molecule has 2 aromatic rings. The minimum atomic E-state index is -1.25. The molecule has 1 aromatic heterocycles. The molecule has 3 atom stereocenters. The second kappa shape index (κ2) is 7.65. The van der Waals surface area contributed by atoms with Gasteiger partial charge in [0.05, 0.1) is 7.11 Å². The van der Waals surface area contributed by atoms with E-state index in [9.17, 15) is 9.59 Å². The highest BCUT2D eigenvalue weighted by Gasteiger charge is 2.78. The van der Waals surface area contributed by atoms with E-state index < -0.39 is 10.3 Å². The zero-order valence-corrected chi connectivity index (χ0v) is 20.3. The number of methoxy groups -OCH3 is 1. The van der Waals surface area contributed by atoms with Crippen molar-refractivity contribution in [1.82, 2.24) is 14.8 Å². The summed E-state index contributed by atoms with van der Waals surface area (Å²) in [7, 11) is 5.27. The van der Waals surface area contributed by atoms with E-state index in [1.165, 1.54) is 11.8 Å². The summed E-state index contributed by atoms with van der Waals surface area (Å²) in [5.41, 5.74) is 1.23. The SMILES string of the molecule is C=CCN1C(=O)[C@@]2(SC1=S)[C@H](c1ccncc1)CN(C)[C@]21C(=O)N(C)c2ccc(OC)cc21. The highest BCUT2D eigenvalue weighted by molar-refractivity contribution is 8.25. The molecule has 4 heterocycles. The summed E-state index contributed by atoms with van der Waals surface area (Å²) >= 11 is 7.03. The van der Waals surface area contributed by atoms with Gasteiger partial charge >= 0.3 is 0 Å². The molecule has 7 nitrogen and oxygen atoms in total. The quantitative estimate of drug-likeness (QED) is 0.493. The number of hydrogen-bond acceptors (Lipinski definition) is 7. The molecule has 3 aliphatic rings. The fraction of sp³-hybridized carbons (Fsp3) is 0.333. The highest BCUT2D eigenvalue weighted by Crippen LogP contribution is 2.66. The maximum absolute atomic E-state index is 14.4. The minimum absolute atomic E-state index is 0.145. The van der Waals surface area contributed by atoms with Gasteiger partial charge in [0.15, 0.2) is 5.54 Å². The Morgan fingerprint density at radius 3 is 2.64 bits per heavy atom. The first-order chi connectivity index (χ1) is 15.8. The number of rotatable bonds is 4. The number of likely N-dealkylation sites (N-methyl/N-ethyl adjacent to an activating group) is 2. The number of nitrogens with zero attached hydrogens (tertiary/aromatic N) is 4. The van der Waals surface area contributed by atoms with E-state index >= 15 is 0 Å². The van der Waals surface area contributed by atoms with Crippen LogP contribution >= 0.6 is 24.0 Å². The molecule has 5 rings (SSSR count). The Balaban J connectivity index is 1.84. The lowest BCUT2D eigenvalue weighted by Crippen LogP contribution is -2.62. The Hall–Kier alpha value is -2.75. The maximum Gasteiger partial charge on any atom is 0.254 e. The first kappa shape index (κ1) is 22.1. The molecule has 3 aliphatic heterocycles. The largest absolute Gasteiger partial charge is 0.497 e. The molecule has 33 heavy (non-hydrogen) atoms. The van der Waals surface area contributed by atoms with Crippen LogP contribution in [0.2, 0.25) is 0 Å². The zero-order chi connectivity index (χ0) is 23.5.